The third kappa shape index (κ3) is 2.75. The van der Waals surface area contributed by atoms with Crippen LogP contribution in [0.1, 0.15) is 20.8 Å². The topological polar surface area (TPSA) is 61.7 Å². The molecule has 2 aromatic rings. The van der Waals surface area contributed by atoms with Crippen LogP contribution >= 0.6 is 11.3 Å². The molecule has 1 aromatic carbocycles. The van der Waals surface area contributed by atoms with E-state index in [-0.39, 0.29) is 11.3 Å². The molecule has 4 nitrogen and oxygen atoms in total. The number of hydrazone groups is 1. The Morgan fingerprint density at radius 3 is 2.83 bits per heavy atom. The lowest BCUT2D eigenvalue weighted by atomic mass is 10.2. The molecular weight excluding hydrogens is 248 g/mol. The van der Waals surface area contributed by atoms with Crippen LogP contribution in [0.3, 0.4) is 0 Å². The Morgan fingerprint density at radius 1 is 1.39 bits per heavy atom. The number of phenols is 1. The van der Waals surface area contributed by atoms with Crippen molar-refractivity contribution in [3.8, 4) is 5.75 Å². The monoisotopic (exact) mass is 260 g/mol. The van der Waals surface area contributed by atoms with E-state index in [1.807, 2.05) is 18.4 Å². The van der Waals surface area contributed by atoms with E-state index in [1.165, 1.54) is 12.1 Å². The van der Waals surface area contributed by atoms with Crippen LogP contribution in [-0.2, 0) is 0 Å². The lowest BCUT2D eigenvalue weighted by molar-refractivity contribution is 0.0952. The highest BCUT2D eigenvalue weighted by Crippen LogP contribution is 2.15. The third-order valence-corrected chi connectivity index (χ3v) is 3.35. The summed E-state index contributed by atoms with van der Waals surface area (Å²) < 4.78 is 0. The number of para-hydroxylation sites is 1. The molecule has 0 bridgehead atoms. The summed E-state index contributed by atoms with van der Waals surface area (Å²) in [4.78, 5) is 12.7. The number of aromatic hydroxyl groups is 1. The number of hydrogen-bond acceptors (Lipinski definition) is 4. The maximum absolute atomic E-state index is 11.7. The predicted molar refractivity (Wildman–Crippen MR) is 72.2 cm³/mol. The fraction of sp³-hybridized carbons (Fsp3) is 0.0769. The molecule has 1 amide bonds. The van der Waals surface area contributed by atoms with Gasteiger partial charge in [-0.3, -0.25) is 4.79 Å². The first-order chi connectivity index (χ1) is 8.68. The number of aryl methyl sites for hydroxylation is 1. The Hall–Kier alpha value is -2.14. The lowest BCUT2D eigenvalue weighted by Gasteiger charge is -2.01. The van der Waals surface area contributed by atoms with Crippen molar-refractivity contribution in [1.29, 1.82) is 0 Å². The largest absolute Gasteiger partial charge is 0.507 e. The van der Waals surface area contributed by atoms with Gasteiger partial charge in [-0.1, -0.05) is 12.1 Å². The molecule has 2 N–H and O–H groups in total. The second-order valence-electron chi connectivity index (χ2n) is 3.68. The van der Waals surface area contributed by atoms with Gasteiger partial charge in [0.15, 0.2) is 0 Å². The van der Waals surface area contributed by atoms with Gasteiger partial charge in [-0.05, 0) is 36.1 Å². The smallest absolute Gasteiger partial charge is 0.275 e. The van der Waals surface area contributed by atoms with Crippen molar-refractivity contribution in [3.05, 3.63) is 51.7 Å². The van der Waals surface area contributed by atoms with Gasteiger partial charge in [0.2, 0.25) is 0 Å². The Labute approximate surface area is 109 Å². The quantitative estimate of drug-likeness (QED) is 0.658. The highest BCUT2D eigenvalue weighted by molar-refractivity contribution is 7.11. The van der Waals surface area contributed by atoms with Crippen LogP contribution in [-0.4, -0.2) is 17.2 Å². The molecule has 0 spiro atoms. The van der Waals surface area contributed by atoms with Crippen molar-refractivity contribution in [1.82, 2.24) is 5.43 Å². The van der Waals surface area contributed by atoms with E-state index in [1.54, 1.807) is 29.7 Å². The minimum absolute atomic E-state index is 0.0579. The highest BCUT2D eigenvalue weighted by atomic mass is 32.1. The van der Waals surface area contributed by atoms with Crippen LogP contribution in [0.5, 0.6) is 5.75 Å². The zero-order chi connectivity index (χ0) is 13.0. The standard InChI is InChI=1S/C13H12N2O2S/c1-9-6-7-18-12(9)8-14-15-13(17)10-4-2-3-5-11(10)16/h2-8,16H,1H3,(H,15,17). The summed E-state index contributed by atoms with van der Waals surface area (Å²) in [5.41, 5.74) is 3.70. The average Bonchev–Trinajstić information content (AvgIpc) is 2.75. The van der Waals surface area contributed by atoms with Crippen LogP contribution in [0.25, 0.3) is 0 Å². The Bertz CT molecular complexity index is 590. The molecule has 0 saturated heterocycles. The number of phenolic OH excluding ortho intramolecular Hbond substituents is 1. The molecule has 0 aliphatic carbocycles. The Morgan fingerprint density at radius 2 is 2.17 bits per heavy atom. The zero-order valence-corrected chi connectivity index (χ0v) is 10.6. The normalized spacial score (nSPS) is 10.7. The SMILES string of the molecule is Cc1ccsc1C=NNC(=O)c1ccccc1O. The molecule has 2 rings (SSSR count). The molecule has 0 atom stereocenters. The van der Waals surface area contributed by atoms with Crippen LogP contribution in [0.15, 0.2) is 40.8 Å². The van der Waals surface area contributed by atoms with E-state index in [0.29, 0.717) is 0 Å². The van der Waals surface area contributed by atoms with Crippen molar-refractivity contribution >= 4 is 23.5 Å². The summed E-state index contributed by atoms with van der Waals surface area (Å²) in [7, 11) is 0. The van der Waals surface area contributed by atoms with Crippen molar-refractivity contribution < 1.29 is 9.90 Å². The Kier molecular flexibility index (Phi) is 3.74. The van der Waals surface area contributed by atoms with E-state index >= 15 is 0 Å². The average molecular weight is 260 g/mol. The third-order valence-electron chi connectivity index (χ3n) is 2.40. The number of nitrogens with one attached hydrogen (secondary N) is 1. The summed E-state index contributed by atoms with van der Waals surface area (Å²) in [5.74, 6) is -0.490. The van der Waals surface area contributed by atoms with Crippen molar-refractivity contribution in [2.24, 2.45) is 5.10 Å². The minimum Gasteiger partial charge on any atom is -0.507 e. The number of benzene rings is 1. The minimum atomic E-state index is -0.432. The molecule has 18 heavy (non-hydrogen) atoms. The first-order valence-electron chi connectivity index (χ1n) is 5.34. The van der Waals surface area contributed by atoms with Gasteiger partial charge in [0.05, 0.1) is 11.8 Å². The van der Waals surface area contributed by atoms with E-state index in [2.05, 4.69) is 10.5 Å². The molecular formula is C13H12N2O2S. The van der Waals surface area contributed by atoms with E-state index in [4.69, 9.17) is 0 Å². The van der Waals surface area contributed by atoms with Gasteiger partial charge in [-0.15, -0.1) is 11.3 Å². The molecule has 5 heteroatoms. The predicted octanol–water partition coefficient (Wildman–Crippen LogP) is 2.53. The summed E-state index contributed by atoms with van der Waals surface area (Å²) in [5, 5.41) is 15.3. The molecule has 1 aromatic heterocycles. The van der Waals surface area contributed by atoms with Gasteiger partial charge in [-0.25, -0.2) is 5.43 Å². The fourth-order valence-electron chi connectivity index (χ4n) is 1.39. The Balaban J connectivity index is 2.03. The first-order valence-corrected chi connectivity index (χ1v) is 6.22. The van der Waals surface area contributed by atoms with Crippen LogP contribution < -0.4 is 5.43 Å². The van der Waals surface area contributed by atoms with Crippen LogP contribution in [0.2, 0.25) is 0 Å². The van der Waals surface area contributed by atoms with Crippen LogP contribution in [0.4, 0.5) is 0 Å². The lowest BCUT2D eigenvalue weighted by Crippen LogP contribution is -2.17. The van der Waals surface area contributed by atoms with Crippen LogP contribution in [0, 0.1) is 6.92 Å². The molecule has 0 radical (unpaired) electrons. The van der Waals surface area contributed by atoms with Gasteiger partial charge < -0.3 is 5.11 Å². The molecule has 1 heterocycles. The number of amides is 1. The summed E-state index contributed by atoms with van der Waals surface area (Å²) in [6, 6.07) is 8.32. The zero-order valence-electron chi connectivity index (χ0n) is 9.75. The second kappa shape index (κ2) is 5.46. The molecule has 0 aliphatic rings. The van der Waals surface area contributed by atoms with Gasteiger partial charge in [0.1, 0.15) is 5.75 Å². The number of nitrogens with zero attached hydrogens (tertiary/aromatic N) is 1. The first kappa shape index (κ1) is 12.3. The number of carbonyl (C=O) groups excluding carboxylic acids is 1. The van der Waals surface area contributed by atoms with Gasteiger partial charge in [0, 0.05) is 4.88 Å². The molecule has 0 fully saturated rings. The number of thiophene rings is 1. The van der Waals surface area contributed by atoms with E-state index in [0.717, 1.165) is 10.4 Å². The molecule has 92 valence electrons. The molecule has 0 unspecified atom stereocenters. The summed E-state index contributed by atoms with van der Waals surface area (Å²) in [6.45, 7) is 1.97. The maximum Gasteiger partial charge on any atom is 0.275 e. The second-order valence-corrected chi connectivity index (χ2v) is 4.63. The molecule has 0 aliphatic heterocycles. The molecule has 0 saturated carbocycles. The summed E-state index contributed by atoms with van der Waals surface area (Å²) >= 11 is 1.55. The summed E-state index contributed by atoms with van der Waals surface area (Å²) in [6.07, 6.45) is 1.60. The van der Waals surface area contributed by atoms with E-state index in [9.17, 15) is 9.90 Å². The number of carbonyl (C=O) groups is 1. The maximum atomic E-state index is 11.7. The van der Waals surface area contributed by atoms with Gasteiger partial charge in [0.25, 0.3) is 5.91 Å². The van der Waals surface area contributed by atoms with Crippen molar-refractivity contribution in [2.45, 2.75) is 6.92 Å². The van der Waals surface area contributed by atoms with E-state index < -0.39 is 5.91 Å². The van der Waals surface area contributed by atoms with Gasteiger partial charge in [-0.2, -0.15) is 5.10 Å². The van der Waals surface area contributed by atoms with Crippen molar-refractivity contribution in [2.75, 3.05) is 0 Å². The van der Waals surface area contributed by atoms with Gasteiger partial charge >= 0.3 is 0 Å². The number of hydrogen-bond donors (Lipinski definition) is 2. The number of rotatable bonds is 3. The fourth-order valence-corrected chi connectivity index (χ4v) is 2.18. The van der Waals surface area contributed by atoms with Crippen molar-refractivity contribution in [3.63, 3.8) is 0 Å². The highest BCUT2D eigenvalue weighted by Gasteiger charge is 2.08.